The summed E-state index contributed by atoms with van der Waals surface area (Å²) in [6.07, 6.45) is 3.16. The molecule has 0 bridgehead atoms. The second kappa shape index (κ2) is 3.67. The summed E-state index contributed by atoms with van der Waals surface area (Å²) < 4.78 is 0. The van der Waals surface area contributed by atoms with Gasteiger partial charge in [-0.3, -0.25) is 4.98 Å². The summed E-state index contributed by atoms with van der Waals surface area (Å²) in [6.45, 7) is 5.15. The molecule has 0 amide bonds. The molecule has 0 aliphatic heterocycles. The van der Waals surface area contributed by atoms with Crippen molar-refractivity contribution >= 4 is 6.21 Å². The highest BCUT2D eigenvalue weighted by Gasteiger charge is 1.92. The predicted octanol–water partition coefficient (Wildman–Crippen LogP) is 1.84. The van der Waals surface area contributed by atoms with E-state index in [1.165, 1.54) is 6.21 Å². The minimum atomic E-state index is -0.208. The van der Waals surface area contributed by atoms with Crippen LogP contribution in [0.3, 0.4) is 0 Å². The number of aryl methyl sites for hydroxylation is 1. The zero-order chi connectivity index (χ0) is 8.97. The molecule has 0 fully saturated rings. The van der Waals surface area contributed by atoms with Crippen LogP contribution in [-0.2, 0) is 0 Å². The summed E-state index contributed by atoms with van der Waals surface area (Å²) in [7, 11) is 0. The molecule has 12 heavy (non-hydrogen) atoms. The van der Waals surface area contributed by atoms with E-state index in [1.807, 2.05) is 19.1 Å². The van der Waals surface area contributed by atoms with Crippen molar-refractivity contribution in [1.29, 1.82) is 0 Å². The molecule has 1 aromatic heterocycles. The zero-order valence-corrected chi connectivity index (χ0v) is 6.86. The fourth-order valence-corrected chi connectivity index (χ4v) is 0.769. The van der Waals surface area contributed by atoms with Gasteiger partial charge in [0, 0.05) is 6.20 Å². The van der Waals surface area contributed by atoms with Crippen LogP contribution in [0, 0.1) is 6.92 Å². The number of aliphatic hydroxyl groups excluding tert-OH is 1. The maximum absolute atomic E-state index is 8.68. The maximum Gasteiger partial charge on any atom is 0.203 e. The molecule has 0 unspecified atom stereocenters. The molecule has 1 heterocycles. The molecule has 0 aliphatic rings. The van der Waals surface area contributed by atoms with Gasteiger partial charge in [-0.25, -0.2) is 4.99 Å². The molecule has 0 saturated heterocycles. The van der Waals surface area contributed by atoms with Crippen molar-refractivity contribution < 1.29 is 5.11 Å². The third-order valence-electron chi connectivity index (χ3n) is 1.39. The Kier molecular flexibility index (Phi) is 2.58. The van der Waals surface area contributed by atoms with Gasteiger partial charge in [0.2, 0.25) is 5.88 Å². The molecule has 62 valence electrons. The number of aliphatic imine (C=N–C) groups is 1. The molecule has 0 spiro atoms. The number of nitrogens with zero attached hydrogens (tertiary/aromatic N) is 2. The van der Waals surface area contributed by atoms with Gasteiger partial charge in [-0.2, -0.15) is 0 Å². The van der Waals surface area contributed by atoms with Crippen LogP contribution < -0.4 is 0 Å². The minimum Gasteiger partial charge on any atom is -0.494 e. The summed E-state index contributed by atoms with van der Waals surface area (Å²) in [4.78, 5) is 7.68. The molecule has 1 N–H and O–H groups in total. The van der Waals surface area contributed by atoms with Gasteiger partial charge in [-0.05, 0) is 25.1 Å². The molecular formula is C9H10N2O. The highest BCUT2D eigenvalue weighted by molar-refractivity contribution is 5.79. The Bertz CT molecular complexity index is 318. The van der Waals surface area contributed by atoms with E-state index in [1.54, 1.807) is 6.20 Å². The Labute approximate surface area is 71.1 Å². The van der Waals surface area contributed by atoms with Crippen LogP contribution in [0.25, 0.3) is 0 Å². The molecule has 3 nitrogen and oxygen atoms in total. The molecule has 1 rings (SSSR count). The highest BCUT2D eigenvalue weighted by atomic mass is 16.3. The summed E-state index contributed by atoms with van der Waals surface area (Å²) in [5, 5.41) is 8.68. The highest BCUT2D eigenvalue weighted by Crippen LogP contribution is 2.00. The van der Waals surface area contributed by atoms with Crippen LogP contribution in [0.4, 0.5) is 0 Å². The van der Waals surface area contributed by atoms with Crippen LogP contribution in [0.15, 0.2) is 35.8 Å². The first-order valence-corrected chi connectivity index (χ1v) is 3.53. The van der Waals surface area contributed by atoms with Crippen molar-refractivity contribution in [3.05, 3.63) is 42.0 Å². The van der Waals surface area contributed by atoms with Crippen LogP contribution in [0.5, 0.6) is 0 Å². The van der Waals surface area contributed by atoms with Gasteiger partial charge >= 0.3 is 0 Å². The van der Waals surface area contributed by atoms with Crippen LogP contribution >= 0.6 is 0 Å². The first-order chi connectivity index (χ1) is 5.70. The predicted molar refractivity (Wildman–Crippen MR) is 48.3 cm³/mol. The largest absolute Gasteiger partial charge is 0.494 e. The molecule has 0 aliphatic carbocycles. The van der Waals surface area contributed by atoms with E-state index in [2.05, 4.69) is 16.6 Å². The van der Waals surface area contributed by atoms with Crippen LogP contribution in [0.1, 0.15) is 11.3 Å². The molecule has 1 aromatic rings. The van der Waals surface area contributed by atoms with Gasteiger partial charge in [0.15, 0.2) is 0 Å². The molecule has 0 atom stereocenters. The van der Waals surface area contributed by atoms with E-state index in [0.29, 0.717) is 0 Å². The summed E-state index contributed by atoms with van der Waals surface area (Å²) >= 11 is 0. The van der Waals surface area contributed by atoms with Gasteiger partial charge in [0.05, 0.1) is 11.9 Å². The Morgan fingerprint density at radius 2 is 2.50 bits per heavy atom. The van der Waals surface area contributed by atoms with Gasteiger partial charge in [0.25, 0.3) is 0 Å². The van der Waals surface area contributed by atoms with Crippen molar-refractivity contribution in [3.63, 3.8) is 0 Å². The second-order valence-electron chi connectivity index (χ2n) is 2.38. The van der Waals surface area contributed by atoms with Crippen LogP contribution in [-0.4, -0.2) is 16.3 Å². The third-order valence-corrected chi connectivity index (χ3v) is 1.39. The van der Waals surface area contributed by atoms with Crippen molar-refractivity contribution in [1.82, 2.24) is 4.98 Å². The van der Waals surface area contributed by atoms with E-state index < -0.39 is 0 Å². The van der Waals surface area contributed by atoms with Crippen LogP contribution in [0.2, 0.25) is 0 Å². The fourth-order valence-electron chi connectivity index (χ4n) is 0.769. The fraction of sp³-hybridized carbons (Fsp3) is 0.111. The maximum atomic E-state index is 8.68. The summed E-state index contributed by atoms with van der Waals surface area (Å²) in [6, 6.07) is 3.77. The number of hydrogen-bond acceptors (Lipinski definition) is 3. The van der Waals surface area contributed by atoms with Crippen molar-refractivity contribution in [3.8, 4) is 0 Å². The Balaban J connectivity index is 2.89. The summed E-state index contributed by atoms with van der Waals surface area (Å²) in [5.74, 6) is -0.208. The number of hydrogen-bond donors (Lipinski definition) is 1. The van der Waals surface area contributed by atoms with Crippen molar-refractivity contribution in [2.75, 3.05) is 0 Å². The van der Waals surface area contributed by atoms with Gasteiger partial charge in [-0.15, -0.1) is 0 Å². The first kappa shape index (κ1) is 8.46. The number of rotatable bonds is 2. The SMILES string of the molecule is C=C(O)N=Cc1ncccc1C. The molecule has 0 radical (unpaired) electrons. The number of aliphatic hydroxyl groups is 1. The minimum absolute atomic E-state index is 0.208. The Morgan fingerprint density at radius 3 is 3.08 bits per heavy atom. The molecule has 3 heteroatoms. The lowest BCUT2D eigenvalue weighted by Crippen LogP contribution is -1.90. The quantitative estimate of drug-likeness (QED) is 0.532. The van der Waals surface area contributed by atoms with Gasteiger partial charge in [-0.1, -0.05) is 6.07 Å². The average molecular weight is 162 g/mol. The average Bonchev–Trinajstić information content (AvgIpc) is 2.03. The van der Waals surface area contributed by atoms with E-state index >= 15 is 0 Å². The molecule has 0 saturated carbocycles. The lowest BCUT2D eigenvalue weighted by molar-refractivity contribution is 0.410. The number of aromatic nitrogens is 1. The standard InChI is InChI=1S/C9H10N2O/c1-7-4-3-5-10-9(7)6-11-8(2)12/h3-6,12H,2H2,1H3. The second-order valence-corrected chi connectivity index (χ2v) is 2.38. The Morgan fingerprint density at radius 1 is 1.75 bits per heavy atom. The monoisotopic (exact) mass is 162 g/mol. The van der Waals surface area contributed by atoms with Gasteiger partial charge in [0.1, 0.15) is 0 Å². The van der Waals surface area contributed by atoms with E-state index in [9.17, 15) is 0 Å². The number of pyridine rings is 1. The Hall–Kier alpha value is -1.64. The van der Waals surface area contributed by atoms with E-state index in [0.717, 1.165) is 11.3 Å². The van der Waals surface area contributed by atoms with Crippen molar-refractivity contribution in [2.45, 2.75) is 6.92 Å². The summed E-state index contributed by atoms with van der Waals surface area (Å²) in [5.41, 5.74) is 1.76. The lowest BCUT2D eigenvalue weighted by Gasteiger charge is -1.95. The van der Waals surface area contributed by atoms with E-state index in [-0.39, 0.29) is 5.88 Å². The first-order valence-electron chi connectivity index (χ1n) is 3.53. The zero-order valence-electron chi connectivity index (χ0n) is 6.86. The smallest absolute Gasteiger partial charge is 0.203 e. The molecule has 0 aromatic carbocycles. The normalized spacial score (nSPS) is 10.4. The third kappa shape index (κ3) is 2.20. The van der Waals surface area contributed by atoms with Crippen molar-refractivity contribution in [2.24, 2.45) is 4.99 Å². The van der Waals surface area contributed by atoms with Gasteiger partial charge < -0.3 is 5.11 Å². The molecular weight excluding hydrogens is 152 g/mol. The van der Waals surface area contributed by atoms with E-state index in [4.69, 9.17) is 5.11 Å². The topological polar surface area (TPSA) is 45.5 Å². The lowest BCUT2D eigenvalue weighted by atomic mass is 10.2.